The molecule has 0 saturated carbocycles. The molecule has 1 amide bonds. The average Bonchev–Trinajstić information content (AvgIpc) is 2.70. The summed E-state index contributed by atoms with van der Waals surface area (Å²) in [6.45, 7) is 3.65. The lowest BCUT2D eigenvalue weighted by Gasteiger charge is -2.04. The number of carbonyl (C=O) groups is 1. The summed E-state index contributed by atoms with van der Waals surface area (Å²) in [7, 11) is 0. The van der Waals surface area contributed by atoms with Gasteiger partial charge in [0.15, 0.2) is 0 Å². The van der Waals surface area contributed by atoms with Crippen molar-refractivity contribution in [2.45, 2.75) is 129 Å². The van der Waals surface area contributed by atoms with Crippen LogP contribution < -0.4 is 11.1 Å². The summed E-state index contributed by atoms with van der Waals surface area (Å²) in [5.74, 6) is 0.189. The molecule has 0 fully saturated rings. The highest BCUT2D eigenvalue weighted by molar-refractivity contribution is 5.75. The molecule has 0 aliphatic heterocycles. The molecule has 3 nitrogen and oxygen atoms in total. The minimum absolute atomic E-state index is 0.189. The van der Waals surface area contributed by atoms with E-state index in [-0.39, 0.29) is 5.91 Å². The lowest BCUT2D eigenvalue weighted by atomic mass is 10.1. The molecule has 0 saturated heterocycles. The Labute approximate surface area is 176 Å². The Kier molecular flexibility index (Phi) is 23.5. The van der Waals surface area contributed by atoms with Crippen LogP contribution in [0.15, 0.2) is 12.2 Å². The highest BCUT2D eigenvalue weighted by Gasteiger charge is 2.00. The molecule has 0 rings (SSSR count). The highest BCUT2D eigenvalue weighted by atomic mass is 16.1. The number of hydrogen-bond donors (Lipinski definition) is 2. The minimum atomic E-state index is 0.189. The number of carbonyl (C=O) groups excluding carboxylic acids is 1. The summed E-state index contributed by atoms with van der Waals surface area (Å²) in [5, 5.41) is 2.92. The van der Waals surface area contributed by atoms with Crippen LogP contribution in [0.5, 0.6) is 0 Å². The number of rotatable bonds is 22. The van der Waals surface area contributed by atoms with Crippen LogP contribution in [-0.4, -0.2) is 19.0 Å². The van der Waals surface area contributed by atoms with E-state index in [1.165, 1.54) is 103 Å². The van der Waals surface area contributed by atoms with Crippen molar-refractivity contribution in [3.05, 3.63) is 12.2 Å². The minimum Gasteiger partial charge on any atom is -0.356 e. The standard InChI is InChI=1S/C25H50N2O/c1-2-3-4-5-6-7-8-9-10-11-12-13-14-15-16-17-18-19-20-22-25(28)27-24-21-23-26/h9-10H,2-8,11-24,26H2,1H3,(H,27,28)/b10-9-. The van der Waals surface area contributed by atoms with Crippen molar-refractivity contribution in [2.75, 3.05) is 13.1 Å². The van der Waals surface area contributed by atoms with Crippen LogP contribution in [0, 0.1) is 0 Å². The SMILES string of the molecule is CCCCCCCC/C=C\CCCCCCCCCCCC(=O)NCCCN. The van der Waals surface area contributed by atoms with E-state index in [0.717, 1.165) is 19.4 Å². The van der Waals surface area contributed by atoms with Crippen molar-refractivity contribution in [3.8, 4) is 0 Å². The second kappa shape index (κ2) is 24.2. The number of amides is 1. The number of nitrogens with one attached hydrogen (secondary N) is 1. The largest absolute Gasteiger partial charge is 0.356 e. The molecular formula is C25H50N2O. The Morgan fingerprint density at radius 2 is 1.14 bits per heavy atom. The van der Waals surface area contributed by atoms with Crippen LogP contribution in [0.2, 0.25) is 0 Å². The average molecular weight is 395 g/mol. The third-order valence-corrected chi connectivity index (χ3v) is 5.37. The third-order valence-electron chi connectivity index (χ3n) is 5.37. The molecule has 0 aromatic carbocycles. The molecule has 0 spiro atoms. The van der Waals surface area contributed by atoms with Crippen molar-refractivity contribution < 1.29 is 4.79 Å². The predicted molar refractivity (Wildman–Crippen MR) is 125 cm³/mol. The van der Waals surface area contributed by atoms with Gasteiger partial charge in [-0.05, 0) is 45.1 Å². The van der Waals surface area contributed by atoms with Gasteiger partial charge in [0, 0.05) is 13.0 Å². The first kappa shape index (κ1) is 27.2. The van der Waals surface area contributed by atoms with Crippen LogP contribution in [0.3, 0.4) is 0 Å². The van der Waals surface area contributed by atoms with Gasteiger partial charge in [-0.3, -0.25) is 4.79 Å². The molecule has 28 heavy (non-hydrogen) atoms. The van der Waals surface area contributed by atoms with Gasteiger partial charge in [0.05, 0.1) is 0 Å². The molecule has 3 heteroatoms. The fourth-order valence-corrected chi connectivity index (χ4v) is 3.48. The molecule has 0 aromatic rings. The Hall–Kier alpha value is -0.830. The molecular weight excluding hydrogens is 344 g/mol. The van der Waals surface area contributed by atoms with Gasteiger partial charge in [0.2, 0.25) is 5.91 Å². The van der Waals surface area contributed by atoms with E-state index < -0.39 is 0 Å². The predicted octanol–water partition coefficient (Wildman–Crippen LogP) is 7.05. The second-order valence-corrected chi connectivity index (χ2v) is 8.24. The van der Waals surface area contributed by atoms with Crippen LogP contribution in [0.25, 0.3) is 0 Å². The number of allylic oxidation sites excluding steroid dienone is 2. The van der Waals surface area contributed by atoms with E-state index >= 15 is 0 Å². The van der Waals surface area contributed by atoms with Gasteiger partial charge in [-0.1, -0.05) is 96.1 Å². The Bertz CT molecular complexity index is 341. The molecule has 166 valence electrons. The van der Waals surface area contributed by atoms with E-state index in [9.17, 15) is 4.79 Å². The molecule has 0 aliphatic rings. The molecule has 0 aromatic heterocycles. The van der Waals surface area contributed by atoms with Gasteiger partial charge >= 0.3 is 0 Å². The van der Waals surface area contributed by atoms with Crippen LogP contribution in [0.1, 0.15) is 129 Å². The third kappa shape index (κ3) is 23.2. The Morgan fingerprint density at radius 1 is 0.679 bits per heavy atom. The lowest BCUT2D eigenvalue weighted by molar-refractivity contribution is -0.121. The van der Waals surface area contributed by atoms with E-state index in [2.05, 4.69) is 24.4 Å². The summed E-state index contributed by atoms with van der Waals surface area (Å²) >= 11 is 0. The zero-order chi connectivity index (χ0) is 20.5. The maximum Gasteiger partial charge on any atom is 0.219 e. The lowest BCUT2D eigenvalue weighted by Crippen LogP contribution is -2.25. The fourth-order valence-electron chi connectivity index (χ4n) is 3.48. The van der Waals surface area contributed by atoms with Crippen molar-refractivity contribution in [3.63, 3.8) is 0 Å². The van der Waals surface area contributed by atoms with Gasteiger partial charge in [-0.25, -0.2) is 0 Å². The van der Waals surface area contributed by atoms with E-state index in [4.69, 9.17) is 5.73 Å². The van der Waals surface area contributed by atoms with Crippen LogP contribution in [-0.2, 0) is 4.79 Å². The van der Waals surface area contributed by atoms with Gasteiger partial charge in [0.1, 0.15) is 0 Å². The van der Waals surface area contributed by atoms with Crippen molar-refractivity contribution in [1.29, 1.82) is 0 Å². The van der Waals surface area contributed by atoms with E-state index in [1.54, 1.807) is 0 Å². The van der Waals surface area contributed by atoms with E-state index in [0.29, 0.717) is 13.0 Å². The van der Waals surface area contributed by atoms with Gasteiger partial charge in [-0.15, -0.1) is 0 Å². The summed E-state index contributed by atoms with van der Waals surface area (Å²) < 4.78 is 0. The maximum absolute atomic E-state index is 11.5. The molecule has 0 radical (unpaired) electrons. The zero-order valence-corrected chi connectivity index (χ0v) is 19.0. The topological polar surface area (TPSA) is 55.1 Å². The summed E-state index contributed by atoms with van der Waals surface area (Å²) in [6.07, 6.45) is 28.9. The quantitative estimate of drug-likeness (QED) is 0.153. The second-order valence-electron chi connectivity index (χ2n) is 8.24. The first-order valence-corrected chi connectivity index (χ1v) is 12.4. The summed E-state index contributed by atoms with van der Waals surface area (Å²) in [4.78, 5) is 11.5. The van der Waals surface area contributed by atoms with Crippen molar-refractivity contribution in [1.82, 2.24) is 5.32 Å². The first-order valence-electron chi connectivity index (χ1n) is 12.4. The van der Waals surface area contributed by atoms with Crippen molar-refractivity contribution >= 4 is 5.91 Å². The zero-order valence-electron chi connectivity index (χ0n) is 19.0. The Balaban J connectivity index is 3.13. The summed E-state index contributed by atoms with van der Waals surface area (Å²) in [5.41, 5.74) is 5.41. The van der Waals surface area contributed by atoms with Gasteiger partial charge in [-0.2, -0.15) is 0 Å². The normalized spacial score (nSPS) is 11.4. The number of hydrogen-bond acceptors (Lipinski definition) is 2. The smallest absolute Gasteiger partial charge is 0.219 e. The Morgan fingerprint density at radius 3 is 1.64 bits per heavy atom. The van der Waals surface area contributed by atoms with Crippen LogP contribution in [0.4, 0.5) is 0 Å². The highest BCUT2D eigenvalue weighted by Crippen LogP contribution is 2.12. The first-order chi connectivity index (χ1) is 13.8. The van der Waals surface area contributed by atoms with Gasteiger partial charge in [0.25, 0.3) is 0 Å². The number of unbranched alkanes of at least 4 members (excludes halogenated alkanes) is 15. The van der Waals surface area contributed by atoms with Gasteiger partial charge < -0.3 is 11.1 Å². The molecule has 0 unspecified atom stereocenters. The molecule has 0 aliphatic carbocycles. The molecule has 0 heterocycles. The molecule has 3 N–H and O–H groups in total. The molecule has 0 bridgehead atoms. The van der Waals surface area contributed by atoms with Crippen molar-refractivity contribution in [2.24, 2.45) is 5.73 Å². The van der Waals surface area contributed by atoms with E-state index in [1.807, 2.05) is 0 Å². The molecule has 0 atom stereocenters. The maximum atomic E-state index is 11.5. The fraction of sp³-hybridized carbons (Fsp3) is 0.880. The monoisotopic (exact) mass is 394 g/mol. The number of nitrogens with two attached hydrogens (primary N) is 1. The summed E-state index contributed by atoms with van der Waals surface area (Å²) in [6, 6.07) is 0. The van der Waals surface area contributed by atoms with Crippen LogP contribution >= 0.6 is 0 Å².